The Morgan fingerprint density at radius 3 is 2.96 bits per heavy atom. The molecule has 0 saturated carbocycles. The Morgan fingerprint density at radius 2 is 2.12 bits per heavy atom. The molecule has 124 valence electrons. The highest BCUT2D eigenvalue weighted by atomic mass is 15.2. The number of aromatic amines is 1. The quantitative estimate of drug-likeness (QED) is 0.774. The number of hydrogen-bond acceptors (Lipinski definition) is 5. The molecule has 24 heavy (non-hydrogen) atoms. The number of nitrogens with zero attached hydrogens (tertiary/aromatic N) is 4. The number of fused-ring (bicyclic) bond motifs is 1. The Hall–Kier alpha value is -2.63. The van der Waals surface area contributed by atoms with Gasteiger partial charge in [-0.25, -0.2) is 9.97 Å². The summed E-state index contributed by atoms with van der Waals surface area (Å²) in [7, 11) is 0. The third kappa shape index (κ3) is 3.04. The zero-order chi connectivity index (χ0) is 16.5. The Kier molecular flexibility index (Phi) is 3.80. The number of nitrogens with two attached hydrogens (primary N) is 1. The lowest BCUT2D eigenvalue weighted by atomic mass is 9.94. The van der Waals surface area contributed by atoms with Crippen molar-refractivity contribution in [2.45, 2.75) is 26.2 Å². The predicted octanol–water partition coefficient (Wildman–Crippen LogP) is 2.70. The van der Waals surface area contributed by atoms with E-state index in [0.29, 0.717) is 11.9 Å². The molecule has 1 aromatic carbocycles. The number of rotatable bonds is 3. The van der Waals surface area contributed by atoms with Crippen molar-refractivity contribution in [3.8, 4) is 0 Å². The lowest BCUT2D eigenvalue weighted by Gasteiger charge is -2.33. The van der Waals surface area contributed by atoms with Gasteiger partial charge >= 0.3 is 0 Å². The number of nitrogens with one attached hydrogen (secondary N) is 1. The first-order valence-electron chi connectivity index (χ1n) is 8.47. The Balaban J connectivity index is 1.50. The van der Waals surface area contributed by atoms with E-state index >= 15 is 0 Å². The molecule has 2 aromatic heterocycles. The molecule has 0 amide bonds. The van der Waals surface area contributed by atoms with Crippen molar-refractivity contribution in [2.24, 2.45) is 5.92 Å². The number of piperidine rings is 1. The second-order valence-electron chi connectivity index (χ2n) is 6.58. The zero-order valence-corrected chi connectivity index (χ0v) is 13.9. The van der Waals surface area contributed by atoms with Gasteiger partial charge in [-0.1, -0.05) is 12.1 Å². The van der Waals surface area contributed by atoms with Crippen LogP contribution in [0, 0.1) is 12.8 Å². The third-order valence-electron chi connectivity index (χ3n) is 4.62. The maximum Gasteiger partial charge on any atom is 0.222 e. The van der Waals surface area contributed by atoms with Crippen LogP contribution < -0.4 is 10.6 Å². The van der Waals surface area contributed by atoms with Crippen LogP contribution in [0.2, 0.25) is 0 Å². The van der Waals surface area contributed by atoms with Gasteiger partial charge in [-0.3, -0.25) is 0 Å². The summed E-state index contributed by atoms with van der Waals surface area (Å²) < 4.78 is 0. The number of nitrogen functional groups attached to an aromatic ring is 1. The van der Waals surface area contributed by atoms with Crippen LogP contribution in [-0.4, -0.2) is 33.0 Å². The van der Waals surface area contributed by atoms with Gasteiger partial charge in [0, 0.05) is 31.3 Å². The van der Waals surface area contributed by atoms with Crippen LogP contribution in [0.4, 0.5) is 11.8 Å². The fraction of sp³-hybridized carbons (Fsp3) is 0.389. The van der Waals surface area contributed by atoms with Gasteiger partial charge in [0.05, 0.1) is 11.0 Å². The normalized spacial score (nSPS) is 18.2. The monoisotopic (exact) mass is 322 g/mol. The molecule has 3 heterocycles. The molecule has 0 aliphatic carbocycles. The van der Waals surface area contributed by atoms with E-state index in [4.69, 9.17) is 10.7 Å². The largest absolute Gasteiger partial charge is 0.368 e. The average Bonchev–Trinajstić information content (AvgIpc) is 2.96. The molecule has 1 saturated heterocycles. The van der Waals surface area contributed by atoms with E-state index in [1.54, 1.807) is 0 Å². The van der Waals surface area contributed by atoms with E-state index in [1.807, 2.05) is 25.1 Å². The molecule has 3 N–H and O–H groups in total. The van der Waals surface area contributed by atoms with Crippen LogP contribution in [0.15, 0.2) is 30.3 Å². The minimum Gasteiger partial charge on any atom is -0.368 e. The number of aryl methyl sites for hydroxylation is 1. The van der Waals surface area contributed by atoms with E-state index in [9.17, 15) is 0 Å². The Bertz CT molecular complexity index is 802. The summed E-state index contributed by atoms with van der Waals surface area (Å²) in [5.74, 6) is 2.93. The Labute approximate surface area is 141 Å². The highest BCUT2D eigenvalue weighted by Gasteiger charge is 2.22. The van der Waals surface area contributed by atoms with Gasteiger partial charge in [0.2, 0.25) is 5.95 Å². The van der Waals surface area contributed by atoms with Crippen molar-refractivity contribution in [3.63, 3.8) is 0 Å². The van der Waals surface area contributed by atoms with Crippen molar-refractivity contribution in [3.05, 3.63) is 41.9 Å². The molecule has 0 unspecified atom stereocenters. The third-order valence-corrected chi connectivity index (χ3v) is 4.62. The van der Waals surface area contributed by atoms with E-state index < -0.39 is 0 Å². The molecule has 1 fully saturated rings. The van der Waals surface area contributed by atoms with Gasteiger partial charge in [0.15, 0.2) is 0 Å². The summed E-state index contributed by atoms with van der Waals surface area (Å²) in [5.41, 5.74) is 8.87. The lowest BCUT2D eigenvalue weighted by Crippen LogP contribution is -2.37. The second kappa shape index (κ2) is 6.11. The van der Waals surface area contributed by atoms with E-state index in [1.165, 1.54) is 6.42 Å². The van der Waals surface area contributed by atoms with Crippen molar-refractivity contribution in [1.29, 1.82) is 0 Å². The molecule has 6 nitrogen and oxygen atoms in total. The van der Waals surface area contributed by atoms with Gasteiger partial charge in [-0.15, -0.1) is 0 Å². The molecule has 4 rings (SSSR count). The van der Waals surface area contributed by atoms with Crippen molar-refractivity contribution >= 4 is 22.8 Å². The summed E-state index contributed by atoms with van der Waals surface area (Å²) in [5, 5.41) is 0. The van der Waals surface area contributed by atoms with Gasteiger partial charge in [0.25, 0.3) is 0 Å². The van der Waals surface area contributed by atoms with E-state index in [-0.39, 0.29) is 0 Å². The van der Waals surface area contributed by atoms with Crippen LogP contribution >= 0.6 is 0 Å². The summed E-state index contributed by atoms with van der Waals surface area (Å²) >= 11 is 0. The highest BCUT2D eigenvalue weighted by Crippen LogP contribution is 2.25. The molecule has 1 aliphatic heterocycles. The highest BCUT2D eigenvalue weighted by molar-refractivity contribution is 5.74. The number of imidazole rings is 1. The summed E-state index contributed by atoms with van der Waals surface area (Å²) in [6, 6.07) is 10.2. The number of hydrogen-bond donors (Lipinski definition) is 2. The van der Waals surface area contributed by atoms with Crippen molar-refractivity contribution in [1.82, 2.24) is 19.9 Å². The molecule has 6 heteroatoms. The molecular formula is C18H22N6. The van der Waals surface area contributed by atoms with Crippen LogP contribution in [0.5, 0.6) is 0 Å². The Morgan fingerprint density at radius 1 is 1.25 bits per heavy atom. The molecule has 0 spiro atoms. The second-order valence-corrected chi connectivity index (χ2v) is 6.58. The molecule has 3 aromatic rings. The number of benzene rings is 1. The van der Waals surface area contributed by atoms with Crippen LogP contribution in [-0.2, 0) is 6.42 Å². The van der Waals surface area contributed by atoms with E-state index in [2.05, 4.69) is 32.0 Å². The number of aromatic nitrogens is 4. The summed E-state index contributed by atoms with van der Waals surface area (Å²) in [6.45, 7) is 3.96. The summed E-state index contributed by atoms with van der Waals surface area (Å²) in [4.78, 5) is 19.0. The van der Waals surface area contributed by atoms with Gasteiger partial charge in [-0.05, 0) is 37.8 Å². The topological polar surface area (TPSA) is 83.7 Å². The van der Waals surface area contributed by atoms with Crippen LogP contribution in [0.25, 0.3) is 11.0 Å². The maximum atomic E-state index is 5.80. The maximum absolute atomic E-state index is 5.80. The molecule has 1 atom stereocenters. The minimum atomic E-state index is 0.351. The molecule has 0 bridgehead atoms. The fourth-order valence-electron chi connectivity index (χ4n) is 3.55. The van der Waals surface area contributed by atoms with Crippen molar-refractivity contribution < 1.29 is 0 Å². The van der Waals surface area contributed by atoms with Crippen LogP contribution in [0.3, 0.4) is 0 Å². The molecular weight excluding hydrogens is 300 g/mol. The standard InChI is InChI=1S/C18H22N6/c1-12-9-17(23-18(19)20-12)24-8-4-5-13(11-24)10-16-21-14-6-2-3-7-15(14)22-16/h2-3,6-7,9,13H,4-5,8,10-11H2,1H3,(H,21,22)(H2,19,20,23)/t13-/m1/s1. The first-order chi connectivity index (χ1) is 11.7. The SMILES string of the molecule is Cc1cc(N2CCC[C@H](Cc3nc4ccccc4[nH]3)C2)nc(N)n1. The number of H-pyrrole nitrogens is 1. The van der Waals surface area contributed by atoms with Crippen molar-refractivity contribution in [2.75, 3.05) is 23.7 Å². The lowest BCUT2D eigenvalue weighted by molar-refractivity contribution is 0.406. The number of anilines is 2. The average molecular weight is 322 g/mol. The fourth-order valence-corrected chi connectivity index (χ4v) is 3.55. The first-order valence-corrected chi connectivity index (χ1v) is 8.47. The van der Waals surface area contributed by atoms with Gasteiger partial charge in [-0.2, -0.15) is 4.98 Å². The first kappa shape index (κ1) is 14.9. The zero-order valence-electron chi connectivity index (χ0n) is 13.9. The van der Waals surface area contributed by atoms with E-state index in [0.717, 1.165) is 54.3 Å². The van der Waals surface area contributed by atoms with Gasteiger partial charge in [0.1, 0.15) is 11.6 Å². The predicted molar refractivity (Wildman–Crippen MR) is 95.9 cm³/mol. The molecule has 1 aliphatic rings. The van der Waals surface area contributed by atoms with Crippen LogP contribution in [0.1, 0.15) is 24.4 Å². The smallest absolute Gasteiger partial charge is 0.222 e. The summed E-state index contributed by atoms with van der Waals surface area (Å²) in [6.07, 6.45) is 3.34. The molecule has 0 radical (unpaired) electrons. The van der Waals surface area contributed by atoms with Gasteiger partial charge < -0.3 is 15.6 Å². The minimum absolute atomic E-state index is 0.351. The number of para-hydroxylation sites is 2.